The molecule has 0 spiro atoms. The molecule has 21 heavy (non-hydrogen) atoms. The van der Waals surface area contributed by atoms with E-state index >= 15 is 0 Å². The Bertz CT molecular complexity index is 706. The maximum Gasteiger partial charge on any atom is 0.220 e. The Morgan fingerprint density at radius 2 is 2.29 bits per heavy atom. The second kappa shape index (κ2) is 5.06. The molecule has 0 aliphatic heterocycles. The van der Waals surface area contributed by atoms with Crippen LogP contribution < -0.4 is 5.73 Å². The fourth-order valence-electron chi connectivity index (χ4n) is 3.89. The van der Waals surface area contributed by atoms with Crippen molar-refractivity contribution in [2.75, 3.05) is 0 Å². The van der Waals surface area contributed by atoms with E-state index in [1.54, 1.807) is 0 Å². The first kappa shape index (κ1) is 14.5. The SMILES string of the molecule is CCCC1(C)CC(C(N)=O)Cc2c1[nH]c1ccc(Cl)cc21. The second-order valence-electron chi connectivity index (χ2n) is 6.49. The van der Waals surface area contributed by atoms with Crippen molar-refractivity contribution in [2.24, 2.45) is 11.7 Å². The molecule has 2 atom stereocenters. The molecule has 1 amide bonds. The number of benzene rings is 1. The molecule has 1 aromatic heterocycles. The van der Waals surface area contributed by atoms with Gasteiger partial charge in [-0.1, -0.05) is 31.9 Å². The van der Waals surface area contributed by atoms with Gasteiger partial charge in [-0.2, -0.15) is 0 Å². The topological polar surface area (TPSA) is 58.9 Å². The van der Waals surface area contributed by atoms with E-state index in [1.807, 2.05) is 18.2 Å². The number of aromatic nitrogens is 1. The van der Waals surface area contributed by atoms with Gasteiger partial charge in [0.15, 0.2) is 0 Å². The summed E-state index contributed by atoms with van der Waals surface area (Å²) in [5, 5.41) is 1.86. The van der Waals surface area contributed by atoms with E-state index in [0.717, 1.165) is 35.2 Å². The molecule has 3 rings (SSSR count). The molecule has 0 saturated heterocycles. The van der Waals surface area contributed by atoms with Crippen LogP contribution in [0.25, 0.3) is 10.9 Å². The maximum absolute atomic E-state index is 11.8. The van der Waals surface area contributed by atoms with E-state index in [1.165, 1.54) is 11.3 Å². The molecule has 0 radical (unpaired) electrons. The summed E-state index contributed by atoms with van der Waals surface area (Å²) in [5.74, 6) is -0.286. The van der Waals surface area contributed by atoms with E-state index in [9.17, 15) is 4.79 Å². The summed E-state index contributed by atoms with van der Waals surface area (Å²) in [5.41, 5.74) is 9.17. The Hall–Kier alpha value is -1.48. The zero-order valence-corrected chi connectivity index (χ0v) is 13.3. The molecule has 2 aromatic rings. The quantitative estimate of drug-likeness (QED) is 0.887. The molecule has 1 aliphatic rings. The van der Waals surface area contributed by atoms with E-state index in [4.69, 9.17) is 17.3 Å². The number of amides is 1. The summed E-state index contributed by atoms with van der Waals surface area (Å²) in [6, 6.07) is 5.90. The van der Waals surface area contributed by atoms with Gasteiger partial charge in [-0.05, 0) is 43.0 Å². The summed E-state index contributed by atoms with van der Waals surface area (Å²) >= 11 is 6.14. The number of carbonyl (C=O) groups is 1. The van der Waals surface area contributed by atoms with Crippen LogP contribution in [0.3, 0.4) is 0 Å². The minimum absolute atomic E-state index is 0.0203. The molecule has 0 fully saturated rings. The highest BCUT2D eigenvalue weighted by molar-refractivity contribution is 6.31. The number of hydrogen-bond donors (Lipinski definition) is 2. The van der Waals surface area contributed by atoms with Crippen molar-refractivity contribution >= 4 is 28.4 Å². The van der Waals surface area contributed by atoms with Crippen LogP contribution in [-0.4, -0.2) is 10.9 Å². The van der Waals surface area contributed by atoms with Gasteiger partial charge in [0.1, 0.15) is 0 Å². The van der Waals surface area contributed by atoms with Gasteiger partial charge in [-0.25, -0.2) is 0 Å². The van der Waals surface area contributed by atoms with Crippen molar-refractivity contribution < 1.29 is 4.79 Å². The summed E-state index contributed by atoms with van der Waals surface area (Å²) in [4.78, 5) is 15.3. The lowest BCUT2D eigenvalue weighted by molar-refractivity contribution is -0.122. The van der Waals surface area contributed by atoms with Crippen molar-refractivity contribution in [3.8, 4) is 0 Å². The number of fused-ring (bicyclic) bond motifs is 3. The molecular formula is C17H21ClN2O. The molecule has 1 aromatic carbocycles. The number of nitrogens with two attached hydrogens (primary N) is 1. The molecule has 1 heterocycles. The van der Waals surface area contributed by atoms with Crippen LogP contribution in [0, 0.1) is 5.92 Å². The predicted octanol–water partition coefficient (Wildman–Crippen LogP) is 3.93. The highest BCUT2D eigenvalue weighted by Crippen LogP contribution is 2.45. The van der Waals surface area contributed by atoms with Crippen LogP contribution in [0.1, 0.15) is 44.4 Å². The molecular weight excluding hydrogens is 284 g/mol. The normalized spacial score (nSPS) is 25.0. The Labute approximate surface area is 129 Å². The van der Waals surface area contributed by atoms with Crippen molar-refractivity contribution in [1.29, 1.82) is 0 Å². The van der Waals surface area contributed by atoms with Crippen LogP contribution in [-0.2, 0) is 16.6 Å². The van der Waals surface area contributed by atoms with E-state index < -0.39 is 0 Å². The molecule has 0 saturated carbocycles. The minimum Gasteiger partial charge on any atom is -0.369 e. The molecule has 112 valence electrons. The summed E-state index contributed by atoms with van der Waals surface area (Å²) < 4.78 is 0. The Morgan fingerprint density at radius 3 is 2.95 bits per heavy atom. The predicted molar refractivity (Wildman–Crippen MR) is 86.6 cm³/mol. The number of rotatable bonds is 3. The molecule has 3 nitrogen and oxygen atoms in total. The first-order valence-electron chi connectivity index (χ1n) is 7.54. The number of carbonyl (C=O) groups excluding carboxylic acids is 1. The van der Waals surface area contributed by atoms with Crippen molar-refractivity contribution in [3.63, 3.8) is 0 Å². The summed E-state index contributed by atoms with van der Waals surface area (Å²) in [6.07, 6.45) is 3.66. The molecule has 4 heteroatoms. The van der Waals surface area contributed by atoms with Crippen molar-refractivity contribution in [3.05, 3.63) is 34.5 Å². The Morgan fingerprint density at radius 1 is 1.52 bits per heavy atom. The van der Waals surface area contributed by atoms with Crippen molar-refractivity contribution in [2.45, 2.75) is 44.9 Å². The summed E-state index contributed by atoms with van der Waals surface area (Å²) in [6.45, 7) is 4.42. The van der Waals surface area contributed by atoms with Gasteiger partial charge in [0.05, 0.1) is 0 Å². The third kappa shape index (κ3) is 2.34. The highest BCUT2D eigenvalue weighted by atomic mass is 35.5. The fourth-order valence-corrected chi connectivity index (χ4v) is 4.06. The average molecular weight is 305 g/mol. The van der Waals surface area contributed by atoms with Crippen LogP contribution in [0.2, 0.25) is 5.02 Å². The third-order valence-corrected chi connectivity index (χ3v) is 5.06. The lowest BCUT2D eigenvalue weighted by Gasteiger charge is -2.37. The largest absolute Gasteiger partial charge is 0.369 e. The first-order valence-corrected chi connectivity index (χ1v) is 7.92. The molecule has 0 bridgehead atoms. The highest BCUT2D eigenvalue weighted by Gasteiger charge is 2.40. The number of hydrogen-bond acceptors (Lipinski definition) is 1. The number of H-pyrrole nitrogens is 1. The van der Waals surface area contributed by atoms with Crippen molar-refractivity contribution in [1.82, 2.24) is 4.98 Å². The zero-order valence-electron chi connectivity index (χ0n) is 12.5. The number of primary amides is 1. The van der Waals surface area contributed by atoms with Crippen LogP contribution in [0.4, 0.5) is 0 Å². The van der Waals surface area contributed by atoms with Gasteiger partial charge in [0.25, 0.3) is 0 Å². The lowest BCUT2D eigenvalue weighted by Crippen LogP contribution is -2.38. The van der Waals surface area contributed by atoms with Crippen LogP contribution in [0.15, 0.2) is 18.2 Å². The zero-order chi connectivity index (χ0) is 15.2. The standard InChI is InChI=1S/C17H21ClN2O/c1-3-6-17(2)9-10(16(19)21)7-13-12-8-11(18)4-5-14(12)20-15(13)17/h4-5,8,10,20H,3,6-7,9H2,1-2H3,(H2,19,21). The number of halogens is 1. The van der Waals surface area contributed by atoms with Gasteiger partial charge >= 0.3 is 0 Å². The Kier molecular flexibility index (Phi) is 3.48. The van der Waals surface area contributed by atoms with E-state index in [0.29, 0.717) is 6.42 Å². The smallest absolute Gasteiger partial charge is 0.220 e. The fraction of sp³-hybridized carbons (Fsp3) is 0.471. The summed E-state index contributed by atoms with van der Waals surface area (Å²) in [7, 11) is 0. The average Bonchev–Trinajstić information content (AvgIpc) is 2.78. The minimum atomic E-state index is -0.195. The molecule has 2 unspecified atom stereocenters. The van der Waals surface area contributed by atoms with Gasteiger partial charge in [-0.15, -0.1) is 0 Å². The first-order chi connectivity index (χ1) is 9.94. The van der Waals surface area contributed by atoms with Gasteiger partial charge < -0.3 is 10.7 Å². The van der Waals surface area contributed by atoms with Crippen LogP contribution >= 0.6 is 11.6 Å². The van der Waals surface area contributed by atoms with E-state index in [2.05, 4.69) is 18.8 Å². The van der Waals surface area contributed by atoms with Gasteiger partial charge in [0.2, 0.25) is 5.91 Å². The van der Waals surface area contributed by atoms with Gasteiger partial charge in [-0.3, -0.25) is 4.79 Å². The molecule has 3 N–H and O–H groups in total. The third-order valence-electron chi connectivity index (χ3n) is 4.82. The maximum atomic E-state index is 11.8. The number of nitrogens with one attached hydrogen (secondary N) is 1. The lowest BCUT2D eigenvalue weighted by atomic mass is 9.67. The monoisotopic (exact) mass is 304 g/mol. The van der Waals surface area contributed by atoms with Crippen LogP contribution in [0.5, 0.6) is 0 Å². The molecule has 1 aliphatic carbocycles. The van der Waals surface area contributed by atoms with Gasteiger partial charge in [0, 0.05) is 33.0 Å². The number of aromatic amines is 1. The van der Waals surface area contributed by atoms with E-state index in [-0.39, 0.29) is 17.2 Å². The second-order valence-corrected chi connectivity index (χ2v) is 6.92. The Balaban J connectivity index is 2.21.